The highest BCUT2D eigenvalue weighted by molar-refractivity contribution is 7.80. The summed E-state index contributed by atoms with van der Waals surface area (Å²) in [6, 6.07) is 20.8. The molecule has 0 aliphatic heterocycles. The van der Waals surface area contributed by atoms with E-state index in [1.807, 2.05) is 62.4 Å². The average molecular weight is 432 g/mol. The van der Waals surface area contributed by atoms with E-state index in [1.54, 1.807) is 12.1 Å². The summed E-state index contributed by atoms with van der Waals surface area (Å²) in [7, 11) is 0. The number of ether oxygens (including phenoxy) is 1. The molecule has 7 heteroatoms. The van der Waals surface area contributed by atoms with E-state index in [2.05, 4.69) is 21.7 Å². The highest BCUT2D eigenvalue weighted by Gasteiger charge is 2.11. The van der Waals surface area contributed by atoms with Gasteiger partial charge in [-0.2, -0.15) is 0 Å². The largest absolute Gasteiger partial charge is 0.484 e. The molecule has 6 nitrogen and oxygen atoms in total. The fraction of sp³-hybridized carbons (Fsp3) is 0.125. The van der Waals surface area contributed by atoms with Gasteiger partial charge in [-0.15, -0.1) is 0 Å². The summed E-state index contributed by atoms with van der Waals surface area (Å²) in [5, 5.41) is 5.78. The number of anilines is 1. The summed E-state index contributed by atoms with van der Waals surface area (Å²) in [4.78, 5) is 16.7. The first-order chi connectivity index (χ1) is 15.0. The zero-order chi connectivity index (χ0) is 21.8. The molecule has 0 saturated heterocycles. The van der Waals surface area contributed by atoms with Crippen LogP contribution in [0.5, 0.6) is 5.75 Å². The first-order valence-electron chi connectivity index (χ1n) is 9.74. The van der Waals surface area contributed by atoms with E-state index in [0.717, 1.165) is 16.7 Å². The number of benzene rings is 3. The summed E-state index contributed by atoms with van der Waals surface area (Å²) in [5.74, 6) is 0.835. The fourth-order valence-electron chi connectivity index (χ4n) is 3.22. The predicted octanol–water partition coefficient (Wildman–Crippen LogP) is 5.00. The molecule has 0 aliphatic rings. The number of thiocarbonyl (C=S) groups is 1. The molecular weight excluding hydrogens is 410 g/mol. The molecule has 2 N–H and O–H groups in total. The van der Waals surface area contributed by atoms with Crippen LogP contribution in [-0.4, -0.2) is 22.6 Å². The van der Waals surface area contributed by atoms with Crippen molar-refractivity contribution in [2.24, 2.45) is 0 Å². The number of aryl methyl sites for hydroxylation is 2. The van der Waals surface area contributed by atoms with Gasteiger partial charge in [-0.05, 0) is 68.5 Å². The molecule has 3 aromatic carbocycles. The van der Waals surface area contributed by atoms with E-state index >= 15 is 0 Å². The maximum absolute atomic E-state index is 12.1. The minimum Gasteiger partial charge on any atom is -0.484 e. The lowest BCUT2D eigenvalue weighted by molar-refractivity contribution is -0.121. The van der Waals surface area contributed by atoms with Gasteiger partial charge >= 0.3 is 0 Å². The number of para-hydroxylation sites is 1. The Hall–Kier alpha value is -3.71. The van der Waals surface area contributed by atoms with Gasteiger partial charge in [0.05, 0.1) is 0 Å². The van der Waals surface area contributed by atoms with Crippen LogP contribution in [0.15, 0.2) is 71.1 Å². The van der Waals surface area contributed by atoms with Crippen molar-refractivity contribution in [2.75, 3.05) is 11.9 Å². The molecule has 1 amide bonds. The van der Waals surface area contributed by atoms with E-state index in [0.29, 0.717) is 28.4 Å². The lowest BCUT2D eigenvalue weighted by atomic mass is 10.1. The van der Waals surface area contributed by atoms with Crippen LogP contribution in [0.2, 0.25) is 0 Å². The Morgan fingerprint density at radius 1 is 1.03 bits per heavy atom. The second-order valence-electron chi connectivity index (χ2n) is 7.18. The number of nitrogens with one attached hydrogen (secondary N) is 2. The van der Waals surface area contributed by atoms with Crippen LogP contribution in [0.1, 0.15) is 11.1 Å². The molecule has 0 spiro atoms. The van der Waals surface area contributed by atoms with Crippen molar-refractivity contribution in [3.63, 3.8) is 0 Å². The highest BCUT2D eigenvalue weighted by Crippen LogP contribution is 2.27. The molecule has 0 bridgehead atoms. The van der Waals surface area contributed by atoms with Crippen molar-refractivity contribution < 1.29 is 13.9 Å². The zero-order valence-corrected chi connectivity index (χ0v) is 18.0. The first kappa shape index (κ1) is 20.6. The Balaban J connectivity index is 1.40. The molecule has 1 aromatic heterocycles. The number of aromatic nitrogens is 1. The molecule has 0 radical (unpaired) electrons. The number of carbonyl (C=O) groups is 1. The summed E-state index contributed by atoms with van der Waals surface area (Å²) in [5.41, 5.74) is 5.30. The van der Waals surface area contributed by atoms with Crippen molar-refractivity contribution in [1.82, 2.24) is 10.3 Å². The quantitative estimate of drug-likeness (QED) is 0.433. The lowest BCUT2D eigenvalue weighted by Crippen LogP contribution is -2.37. The van der Waals surface area contributed by atoms with Gasteiger partial charge in [0.15, 0.2) is 17.3 Å². The van der Waals surface area contributed by atoms with Gasteiger partial charge < -0.3 is 14.5 Å². The van der Waals surface area contributed by atoms with Gasteiger partial charge in [-0.3, -0.25) is 10.1 Å². The number of amides is 1. The number of hydrogen-bond acceptors (Lipinski definition) is 5. The van der Waals surface area contributed by atoms with Crippen LogP contribution in [0.25, 0.3) is 22.6 Å². The maximum atomic E-state index is 12.1. The van der Waals surface area contributed by atoms with E-state index in [1.165, 1.54) is 0 Å². The third-order valence-electron chi connectivity index (χ3n) is 4.48. The van der Waals surface area contributed by atoms with Gasteiger partial charge in [-0.1, -0.05) is 35.4 Å². The highest BCUT2D eigenvalue weighted by atomic mass is 32.1. The van der Waals surface area contributed by atoms with Gasteiger partial charge in [-0.25, -0.2) is 4.98 Å². The molecule has 0 atom stereocenters. The summed E-state index contributed by atoms with van der Waals surface area (Å²) in [6.45, 7) is 3.95. The molecule has 1 heterocycles. The Morgan fingerprint density at radius 3 is 2.52 bits per heavy atom. The second-order valence-corrected chi connectivity index (χ2v) is 7.59. The molecule has 0 aliphatic carbocycles. The second kappa shape index (κ2) is 8.97. The Labute approximate surface area is 185 Å². The van der Waals surface area contributed by atoms with E-state index in [4.69, 9.17) is 21.4 Å². The fourth-order valence-corrected chi connectivity index (χ4v) is 3.45. The molecule has 0 saturated carbocycles. The first-order valence-corrected chi connectivity index (χ1v) is 10.1. The molecule has 31 heavy (non-hydrogen) atoms. The van der Waals surface area contributed by atoms with Gasteiger partial charge in [0.1, 0.15) is 11.3 Å². The van der Waals surface area contributed by atoms with Crippen LogP contribution in [0, 0.1) is 13.8 Å². The molecule has 4 rings (SSSR count). The molecular formula is C24H21N3O3S. The predicted molar refractivity (Wildman–Crippen MR) is 125 cm³/mol. The topological polar surface area (TPSA) is 76.4 Å². The number of hydrogen-bond donors (Lipinski definition) is 2. The van der Waals surface area contributed by atoms with E-state index in [9.17, 15) is 4.79 Å². The normalized spacial score (nSPS) is 10.6. The van der Waals surface area contributed by atoms with Crippen LogP contribution in [-0.2, 0) is 4.79 Å². The monoisotopic (exact) mass is 431 g/mol. The summed E-state index contributed by atoms with van der Waals surface area (Å²) in [6.07, 6.45) is 0. The van der Waals surface area contributed by atoms with Gasteiger partial charge in [0.2, 0.25) is 5.89 Å². The average Bonchev–Trinajstić information content (AvgIpc) is 3.16. The minimum atomic E-state index is -0.346. The number of nitrogens with zero attached hydrogens (tertiary/aromatic N) is 1. The molecule has 0 unspecified atom stereocenters. The Bertz CT molecular complexity index is 1230. The van der Waals surface area contributed by atoms with E-state index in [-0.39, 0.29) is 17.6 Å². The van der Waals surface area contributed by atoms with Crippen molar-refractivity contribution in [2.45, 2.75) is 13.8 Å². The third kappa shape index (κ3) is 5.26. The van der Waals surface area contributed by atoms with Crippen molar-refractivity contribution in [3.8, 4) is 17.2 Å². The SMILES string of the molecule is Cc1cc(C)cc(-c2nc3cc(NC(=S)NC(=O)COc4ccccc4)ccc3o2)c1. The third-order valence-corrected chi connectivity index (χ3v) is 4.68. The Morgan fingerprint density at radius 2 is 1.77 bits per heavy atom. The van der Waals surface area contributed by atoms with Crippen molar-refractivity contribution in [3.05, 3.63) is 77.9 Å². The van der Waals surface area contributed by atoms with Gasteiger partial charge in [0, 0.05) is 11.3 Å². The summed E-state index contributed by atoms with van der Waals surface area (Å²) < 4.78 is 11.3. The number of oxazole rings is 1. The smallest absolute Gasteiger partial charge is 0.264 e. The lowest BCUT2D eigenvalue weighted by Gasteiger charge is -2.10. The molecule has 0 fully saturated rings. The summed E-state index contributed by atoms with van der Waals surface area (Å²) >= 11 is 5.23. The minimum absolute atomic E-state index is 0.132. The van der Waals surface area contributed by atoms with Crippen LogP contribution < -0.4 is 15.4 Å². The number of rotatable bonds is 5. The molecule has 4 aromatic rings. The standard InChI is InChI=1S/C24H21N3O3S/c1-15-10-16(2)12-17(11-15)23-26-20-13-18(8-9-21(20)30-23)25-24(31)27-22(28)14-29-19-6-4-3-5-7-19/h3-13H,14H2,1-2H3,(H2,25,27,28,31). The van der Waals surface area contributed by atoms with E-state index < -0.39 is 0 Å². The number of fused-ring (bicyclic) bond motifs is 1. The Kier molecular flexibility index (Phi) is 5.95. The van der Waals surface area contributed by atoms with Crippen LogP contribution in [0.4, 0.5) is 5.69 Å². The van der Waals surface area contributed by atoms with Gasteiger partial charge in [0.25, 0.3) is 5.91 Å². The zero-order valence-electron chi connectivity index (χ0n) is 17.1. The molecule has 156 valence electrons. The maximum Gasteiger partial charge on any atom is 0.264 e. The van der Waals surface area contributed by atoms with Crippen molar-refractivity contribution >= 4 is 40.0 Å². The van der Waals surface area contributed by atoms with Crippen LogP contribution in [0.3, 0.4) is 0 Å². The van der Waals surface area contributed by atoms with Crippen LogP contribution >= 0.6 is 12.2 Å². The van der Waals surface area contributed by atoms with Crippen molar-refractivity contribution in [1.29, 1.82) is 0 Å². The number of carbonyl (C=O) groups excluding carboxylic acids is 1.